The van der Waals surface area contributed by atoms with Crippen molar-refractivity contribution in [3.8, 4) is 0 Å². The van der Waals surface area contributed by atoms with Gasteiger partial charge in [-0.05, 0) is 44.0 Å². The normalized spacial score (nSPS) is 13.8. The maximum Gasteiger partial charge on any atom is 0.408 e. The largest absolute Gasteiger partial charge is 0.408 e. The predicted molar refractivity (Wildman–Crippen MR) is 93.8 cm³/mol. The first-order chi connectivity index (χ1) is 12.7. The van der Waals surface area contributed by atoms with Gasteiger partial charge in [0.1, 0.15) is 11.7 Å². The quantitative estimate of drug-likeness (QED) is 0.684. The molecule has 0 saturated carbocycles. The lowest BCUT2D eigenvalue weighted by Crippen LogP contribution is -2.33. The second kappa shape index (κ2) is 6.98. The second-order valence-electron chi connectivity index (χ2n) is 6.03. The molecule has 9 heteroatoms. The van der Waals surface area contributed by atoms with E-state index >= 15 is 0 Å². The first-order valence-electron chi connectivity index (χ1n) is 8.17. The zero-order chi connectivity index (χ0) is 19.8. The Kier molecular flexibility index (Phi) is 4.86. The molecule has 0 aliphatic carbocycles. The number of allylic oxidation sites excluding steroid dienone is 1. The summed E-state index contributed by atoms with van der Waals surface area (Å²) in [5.41, 5.74) is 3.06. The number of aromatic nitrogens is 4. The zero-order valence-electron chi connectivity index (χ0n) is 14.8. The monoisotopic (exact) mass is 379 g/mol. The number of hydrogen-bond acceptors (Lipinski definition) is 4. The molecule has 0 aromatic carbocycles. The second-order valence-corrected chi connectivity index (χ2v) is 6.03. The number of pyridine rings is 1. The van der Waals surface area contributed by atoms with Crippen LogP contribution >= 0.6 is 0 Å². The number of nitrogens with zero attached hydrogens (tertiary/aromatic N) is 4. The number of hydrogen-bond donors (Lipinski definition) is 1. The molecule has 0 bridgehead atoms. The lowest BCUT2D eigenvalue weighted by atomic mass is 9.99. The van der Waals surface area contributed by atoms with E-state index in [-0.39, 0.29) is 5.95 Å². The van der Waals surface area contributed by atoms with Crippen molar-refractivity contribution in [3.05, 3.63) is 59.6 Å². The van der Waals surface area contributed by atoms with Crippen LogP contribution in [-0.4, -0.2) is 31.6 Å². The highest BCUT2D eigenvalue weighted by atomic mass is 19.4. The Bertz CT molecular complexity index is 1010. The molecule has 0 fully saturated rings. The Balaban J connectivity index is 1.94. The van der Waals surface area contributed by atoms with E-state index in [2.05, 4.69) is 20.3 Å². The van der Waals surface area contributed by atoms with Crippen molar-refractivity contribution < 1.29 is 17.6 Å². The fourth-order valence-corrected chi connectivity index (χ4v) is 2.66. The summed E-state index contributed by atoms with van der Waals surface area (Å²) in [6.45, 7) is 4.49. The molecular weight excluding hydrogens is 362 g/mol. The summed E-state index contributed by atoms with van der Waals surface area (Å²) < 4.78 is 53.2. The van der Waals surface area contributed by atoms with E-state index in [0.29, 0.717) is 22.5 Å². The molecule has 0 saturated heterocycles. The molecule has 5 nitrogen and oxygen atoms in total. The van der Waals surface area contributed by atoms with Crippen LogP contribution in [-0.2, 0) is 0 Å². The summed E-state index contributed by atoms with van der Waals surface area (Å²) in [5.74, 6) is -0.594. The Morgan fingerprint density at radius 3 is 2.59 bits per heavy atom. The van der Waals surface area contributed by atoms with Gasteiger partial charge in [-0.1, -0.05) is 6.08 Å². The molecule has 142 valence electrons. The molecule has 1 N–H and O–H groups in total. The van der Waals surface area contributed by atoms with Crippen molar-refractivity contribution in [2.75, 3.05) is 5.32 Å². The van der Waals surface area contributed by atoms with E-state index in [0.717, 1.165) is 18.7 Å². The summed E-state index contributed by atoms with van der Waals surface area (Å²) in [7, 11) is 0. The number of rotatable bonds is 4. The summed E-state index contributed by atoms with van der Waals surface area (Å²) in [6, 6.07) is 1.70. The SMILES string of the molecule is C/C=C(/c1ccc2ncc(F)n2c1)c1cnc(N[C@H](C)C(F)(F)F)nc1C. The number of imidazole rings is 1. The minimum Gasteiger partial charge on any atom is -0.343 e. The Morgan fingerprint density at radius 2 is 1.96 bits per heavy atom. The maximum absolute atomic E-state index is 13.8. The van der Waals surface area contributed by atoms with Crippen LogP contribution in [0.5, 0.6) is 0 Å². The highest BCUT2D eigenvalue weighted by molar-refractivity contribution is 5.80. The summed E-state index contributed by atoms with van der Waals surface area (Å²) in [4.78, 5) is 12.1. The van der Waals surface area contributed by atoms with Crippen LogP contribution in [0.1, 0.15) is 30.7 Å². The minimum absolute atomic E-state index is 0.104. The van der Waals surface area contributed by atoms with Gasteiger partial charge >= 0.3 is 6.18 Å². The van der Waals surface area contributed by atoms with Gasteiger partial charge in [-0.25, -0.2) is 15.0 Å². The van der Waals surface area contributed by atoms with Gasteiger partial charge in [0.2, 0.25) is 11.9 Å². The van der Waals surface area contributed by atoms with Crippen LogP contribution in [0, 0.1) is 12.9 Å². The predicted octanol–water partition coefficient (Wildman–Crippen LogP) is 4.39. The fraction of sp³-hybridized carbons (Fsp3) is 0.278. The van der Waals surface area contributed by atoms with Gasteiger partial charge in [0.05, 0.1) is 11.9 Å². The van der Waals surface area contributed by atoms with Crippen LogP contribution in [0.3, 0.4) is 0 Å². The van der Waals surface area contributed by atoms with Gasteiger partial charge in [0.15, 0.2) is 0 Å². The van der Waals surface area contributed by atoms with Crippen molar-refractivity contribution >= 4 is 17.2 Å². The van der Waals surface area contributed by atoms with E-state index < -0.39 is 18.2 Å². The summed E-state index contributed by atoms with van der Waals surface area (Å²) in [6.07, 6.45) is 1.61. The third-order valence-electron chi connectivity index (χ3n) is 4.17. The molecule has 0 aliphatic heterocycles. The molecule has 1 atom stereocenters. The van der Waals surface area contributed by atoms with Gasteiger partial charge in [0.25, 0.3) is 0 Å². The Morgan fingerprint density at radius 1 is 1.22 bits per heavy atom. The van der Waals surface area contributed by atoms with Crippen LogP contribution in [0.4, 0.5) is 23.5 Å². The molecule has 0 radical (unpaired) electrons. The van der Waals surface area contributed by atoms with Gasteiger partial charge in [-0.3, -0.25) is 4.40 Å². The van der Waals surface area contributed by atoms with Gasteiger partial charge in [-0.15, -0.1) is 0 Å². The van der Waals surface area contributed by atoms with Crippen molar-refractivity contribution in [2.24, 2.45) is 0 Å². The third-order valence-corrected chi connectivity index (χ3v) is 4.17. The molecule has 27 heavy (non-hydrogen) atoms. The lowest BCUT2D eigenvalue weighted by Gasteiger charge is -2.18. The van der Waals surface area contributed by atoms with Gasteiger partial charge < -0.3 is 5.32 Å². The van der Waals surface area contributed by atoms with Crippen molar-refractivity contribution in [1.82, 2.24) is 19.4 Å². The number of nitrogens with one attached hydrogen (secondary N) is 1. The summed E-state index contributed by atoms with van der Waals surface area (Å²) in [5, 5.41) is 2.25. The first kappa shape index (κ1) is 18.8. The average Bonchev–Trinajstić information content (AvgIpc) is 2.97. The summed E-state index contributed by atoms with van der Waals surface area (Å²) >= 11 is 0. The molecule has 3 rings (SSSR count). The molecule has 3 aromatic rings. The number of anilines is 1. The molecule has 3 aromatic heterocycles. The Hall–Kier alpha value is -2.97. The van der Waals surface area contributed by atoms with E-state index in [1.165, 1.54) is 10.6 Å². The molecule has 0 amide bonds. The van der Waals surface area contributed by atoms with Crippen LogP contribution in [0.2, 0.25) is 0 Å². The van der Waals surface area contributed by atoms with E-state index in [1.54, 1.807) is 32.2 Å². The molecule has 0 spiro atoms. The molecule has 0 unspecified atom stereocenters. The van der Waals surface area contributed by atoms with E-state index in [4.69, 9.17) is 0 Å². The topological polar surface area (TPSA) is 55.1 Å². The van der Waals surface area contributed by atoms with Crippen LogP contribution < -0.4 is 5.32 Å². The first-order valence-corrected chi connectivity index (χ1v) is 8.17. The smallest absolute Gasteiger partial charge is 0.343 e. The highest BCUT2D eigenvalue weighted by Gasteiger charge is 2.36. The van der Waals surface area contributed by atoms with E-state index in [9.17, 15) is 17.6 Å². The van der Waals surface area contributed by atoms with Gasteiger partial charge in [0, 0.05) is 18.0 Å². The highest BCUT2D eigenvalue weighted by Crippen LogP contribution is 2.27. The van der Waals surface area contributed by atoms with Crippen molar-refractivity contribution in [1.29, 1.82) is 0 Å². The molecule has 0 aliphatic rings. The maximum atomic E-state index is 13.8. The number of fused-ring (bicyclic) bond motifs is 1. The number of aryl methyl sites for hydroxylation is 1. The third kappa shape index (κ3) is 3.76. The number of alkyl halides is 3. The van der Waals surface area contributed by atoms with Crippen LogP contribution in [0.25, 0.3) is 11.2 Å². The average molecular weight is 379 g/mol. The molecule has 3 heterocycles. The number of halogens is 4. The minimum atomic E-state index is -4.39. The molecular formula is C18H17F4N5. The van der Waals surface area contributed by atoms with Gasteiger partial charge in [-0.2, -0.15) is 17.6 Å². The standard InChI is InChI=1S/C18H17F4N5/c1-4-13(12-5-6-16-23-8-15(19)27(16)9-12)14-7-24-17(25-10(14)2)26-11(3)18(20,21)22/h4-9,11H,1-3H3,(H,24,25,26)/b13-4-/t11-/m1/s1. The van der Waals surface area contributed by atoms with E-state index in [1.807, 2.05) is 6.08 Å². The zero-order valence-corrected chi connectivity index (χ0v) is 14.8. The van der Waals surface area contributed by atoms with Crippen molar-refractivity contribution in [2.45, 2.75) is 33.0 Å². The van der Waals surface area contributed by atoms with Crippen molar-refractivity contribution in [3.63, 3.8) is 0 Å². The Labute approximate surface area is 152 Å². The van der Waals surface area contributed by atoms with Crippen LogP contribution in [0.15, 0.2) is 36.8 Å². The lowest BCUT2D eigenvalue weighted by molar-refractivity contribution is -0.138. The fourth-order valence-electron chi connectivity index (χ4n) is 2.66.